The normalized spacial score (nSPS) is 11.2. The van der Waals surface area contributed by atoms with Gasteiger partial charge in [0.2, 0.25) is 0 Å². The van der Waals surface area contributed by atoms with E-state index < -0.39 is 11.8 Å². The molecule has 19 heavy (non-hydrogen) atoms. The number of aromatic nitrogens is 3. The Morgan fingerprint density at radius 2 is 2.21 bits per heavy atom. The third-order valence-electron chi connectivity index (χ3n) is 2.93. The fourth-order valence-corrected chi connectivity index (χ4v) is 2.20. The van der Waals surface area contributed by atoms with Crippen LogP contribution in [0, 0.1) is 5.82 Å². The van der Waals surface area contributed by atoms with Gasteiger partial charge in [-0.15, -0.1) is 0 Å². The first-order valence-corrected chi connectivity index (χ1v) is 5.47. The lowest BCUT2D eigenvalue weighted by atomic mass is 10.2. The van der Waals surface area contributed by atoms with Crippen LogP contribution in [0.3, 0.4) is 0 Å². The van der Waals surface area contributed by atoms with Crippen molar-refractivity contribution in [1.29, 1.82) is 0 Å². The number of hydrogen-bond acceptors (Lipinski definition) is 4. The molecule has 6 nitrogen and oxygen atoms in total. The van der Waals surface area contributed by atoms with Crippen molar-refractivity contribution >= 4 is 33.7 Å². The van der Waals surface area contributed by atoms with Gasteiger partial charge in [0.15, 0.2) is 0 Å². The second-order valence-electron chi connectivity index (χ2n) is 4.10. The van der Waals surface area contributed by atoms with Gasteiger partial charge in [0, 0.05) is 5.39 Å². The average molecular weight is 260 g/mol. The first kappa shape index (κ1) is 11.4. The molecule has 0 amide bonds. The predicted molar refractivity (Wildman–Crippen MR) is 67.0 cm³/mol. The van der Waals surface area contributed by atoms with Crippen LogP contribution in [0.5, 0.6) is 0 Å². The number of hydrogen-bond donors (Lipinski definition) is 2. The zero-order chi connectivity index (χ0) is 13.6. The van der Waals surface area contributed by atoms with Crippen LogP contribution in [0.1, 0.15) is 0 Å². The topological polar surface area (TPSA) is 94.0 Å². The van der Waals surface area contributed by atoms with Gasteiger partial charge in [-0.1, -0.05) is 0 Å². The summed E-state index contributed by atoms with van der Waals surface area (Å²) in [5.41, 5.74) is 6.62. The van der Waals surface area contributed by atoms with Crippen molar-refractivity contribution in [2.24, 2.45) is 0 Å². The Bertz CT molecular complexity index is 812. The Balaban J connectivity index is 2.50. The van der Waals surface area contributed by atoms with Crippen molar-refractivity contribution in [3.8, 4) is 0 Å². The van der Waals surface area contributed by atoms with E-state index in [2.05, 4.69) is 9.97 Å². The van der Waals surface area contributed by atoms with E-state index in [1.807, 2.05) is 0 Å². The fourth-order valence-electron chi connectivity index (χ4n) is 2.20. The standard InChI is InChI=1S/C12H9FN4O2/c13-6-1-2-7-8(3-6)17(4-9(18)19)12-10(7)11(14)15-5-16-12/h1-3,5H,4H2,(H,18,19)(H2,14,15,16). The molecule has 0 saturated heterocycles. The van der Waals surface area contributed by atoms with Crippen molar-refractivity contribution in [2.45, 2.75) is 6.54 Å². The van der Waals surface area contributed by atoms with Gasteiger partial charge in [-0.05, 0) is 18.2 Å². The van der Waals surface area contributed by atoms with Crippen molar-refractivity contribution in [3.05, 3.63) is 30.3 Å². The summed E-state index contributed by atoms with van der Waals surface area (Å²) in [6.07, 6.45) is 1.26. The zero-order valence-electron chi connectivity index (χ0n) is 9.67. The first-order chi connectivity index (χ1) is 9.08. The molecule has 3 rings (SSSR count). The van der Waals surface area contributed by atoms with E-state index in [0.29, 0.717) is 21.9 Å². The highest BCUT2D eigenvalue weighted by molar-refractivity contribution is 6.11. The first-order valence-electron chi connectivity index (χ1n) is 5.47. The van der Waals surface area contributed by atoms with E-state index in [1.165, 1.54) is 23.0 Å². The third-order valence-corrected chi connectivity index (χ3v) is 2.93. The molecule has 96 valence electrons. The lowest BCUT2D eigenvalue weighted by Crippen LogP contribution is -2.09. The maximum Gasteiger partial charge on any atom is 0.323 e. The molecule has 2 heterocycles. The highest BCUT2D eigenvalue weighted by atomic mass is 19.1. The molecule has 3 N–H and O–H groups in total. The third kappa shape index (κ3) is 1.67. The molecular formula is C12H9FN4O2. The molecule has 0 radical (unpaired) electrons. The summed E-state index contributed by atoms with van der Waals surface area (Å²) in [5.74, 6) is -1.25. The van der Waals surface area contributed by atoms with Crippen molar-refractivity contribution in [1.82, 2.24) is 14.5 Å². The summed E-state index contributed by atoms with van der Waals surface area (Å²) in [4.78, 5) is 18.9. The molecule has 0 unspecified atom stereocenters. The van der Waals surface area contributed by atoms with E-state index in [0.717, 1.165) is 0 Å². The highest BCUT2D eigenvalue weighted by Gasteiger charge is 2.16. The van der Waals surface area contributed by atoms with Crippen LogP contribution in [0.2, 0.25) is 0 Å². The average Bonchev–Trinajstić information content (AvgIpc) is 2.64. The van der Waals surface area contributed by atoms with Gasteiger partial charge >= 0.3 is 5.97 Å². The van der Waals surface area contributed by atoms with Gasteiger partial charge in [-0.25, -0.2) is 14.4 Å². The number of rotatable bonds is 2. The second kappa shape index (κ2) is 3.91. The Kier molecular flexibility index (Phi) is 2.34. The monoisotopic (exact) mass is 260 g/mol. The Morgan fingerprint density at radius 1 is 1.42 bits per heavy atom. The van der Waals surface area contributed by atoms with Gasteiger partial charge in [-0.2, -0.15) is 0 Å². The molecule has 1 aromatic carbocycles. The summed E-state index contributed by atoms with van der Waals surface area (Å²) in [7, 11) is 0. The largest absolute Gasteiger partial charge is 0.480 e. The van der Waals surface area contributed by atoms with Gasteiger partial charge in [0.25, 0.3) is 0 Å². The molecule has 7 heteroatoms. The Labute approximate surface area is 106 Å². The van der Waals surface area contributed by atoms with Crippen LogP contribution in [0.15, 0.2) is 24.5 Å². The quantitative estimate of drug-likeness (QED) is 0.726. The van der Waals surface area contributed by atoms with Crippen LogP contribution in [0.25, 0.3) is 21.9 Å². The number of nitrogens with zero attached hydrogens (tertiary/aromatic N) is 3. The van der Waals surface area contributed by atoms with E-state index in [9.17, 15) is 9.18 Å². The van der Waals surface area contributed by atoms with Crippen molar-refractivity contribution in [3.63, 3.8) is 0 Å². The summed E-state index contributed by atoms with van der Waals surface area (Å²) >= 11 is 0. The van der Waals surface area contributed by atoms with Crippen LogP contribution in [-0.2, 0) is 11.3 Å². The Morgan fingerprint density at radius 3 is 2.95 bits per heavy atom. The predicted octanol–water partition coefficient (Wildman–Crippen LogP) is 1.39. The molecule has 0 aliphatic carbocycles. The number of halogens is 1. The Hall–Kier alpha value is -2.70. The van der Waals surface area contributed by atoms with Crippen LogP contribution < -0.4 is 5.73 Å². The number of benzene rings is 1. The number of carboxylic acid groups (broad SMARTS) is 1. The molecule has 3 aromatic rings. The van der Waals surface area contributed by atoms with Crippen molar-refractivity contribution in [2.75, 3.05) is 5.73 Å². The summed E-state index contributed by atoms with van der Waals surface area (Å²) in [5, 5.41) is 10.1. The molecule has 0 aliphatic heterocycles. The van der Waals surface area contributed by atoms with Gasteiger partial charge < -0.3 is 15.4 Å². The second-order valence-corrected chi connectivity index (χ2v) is 4.10. The van der Waals surface area contributed by atoms with E-state index >= 15 is 0 Å². The smallest absolute Gasteiger partial charge is 0.323 e. The lowest BCUT2D eigenvalue weighted by Gasteiger charge is -2.02. The van der Waals surface area contributed by atoms with Gasteiger partial charge in [0.05, 0.1) is 10.9 Å². The van der Waals surface area contributed by atoms with Crippen LogP contribution in [-0.4, -0.2) is 25.6 Å². The summed E-state index contributed by atoms with van der Waals surface area (Å²) < 4.78 is 14.8. The maximum absolute atomic E-state index is 13.4. The lowest BCUT2D eigenvalue weighted by molar-refractivity contribution is -0.137. The molecule has 0 fully saturated rings. The minimum absolute atomic E-state index is 0.241. The molecular weight excluding hydrogens is 251 g/mol. The van der Waals surface area contributed by atoms with E-state index in [1.54, 1.807) is 6.07 Å². The van der Waals surface area contributed by atoms with Crippen molar-refractivity contribution < 1.29 is 14.3 Å². The van der Waals surface area contributed by atoms with Crippen LogP contribution >= 0.6 is 0 Å². The number of anilines is 1. The van der Waals surface area contributed by atoms with Crippen LogP contribution in [0.4, 0.5) is 10.2 Å². The van der Waals surface area contributed by atoms with E-state index in [4.69, 9.17) is 10.8 Å². The fraction of sp³-hybridized carbons (Fsp3) is 0.0833. The number of nitrogen functional groups attached to an aromatic ring is 1. The number of fused-ring (bicyclic) bond motifs is 3. The zero-order valence-corrected chi connectivity index (χ0v) is 9.67. The number of carbonyl (C=O) groups is 1. The number of carboxylic acids is 1. The minimum atomic E-state index is -1.04. The number of aliphatic carboxylic acids is 1. The molecule has 0 atom stereocenters. The van der Waals surface area contributed by atoms with Gasteiger partial charge in [-0.3, -0.25) is 4.79 Å². The molecule has 2 aromatic heterocycles. The molecule has 0 spiro atoms. The number of nitrogens with two attached hydrogens (primary N) is 1. The molecule has 0 aliphatic rings. The highest BCUT2D eigenvalue weighted by Crippen LogP contribution is 2.30. The summed E-state index contributed by atoms with van der Waals surface area (Å²) in [6, 6.07) is 4.10. The minimum Gasteiger partial charge on any atom is -0.480 e. The molecule has 0 saturated carbocycles. The summed E-state index contributed by atoms with van der Waals surface area (Å²) in [6.45, 7) is -0.320. The SMILES string of the molecule is Nc1ncnc2c1c1ccc(F)cc1n2CC(=O)O. The maximum atomic E-state index is 13.4. The van der Waals surface area contributed by atoms with E-state index in [-0.39, 0.29) is 12.4 Å². The molecule has 0 bridgehead atoms. The van der Waals surface area contributed by atoms with Gasteiger partial charge in [0.1, 0.15) is 30.2 Å².